The van der Waals surface area contributed by atoms with Crippen LogP contribution in [0.2, 0.25) is 5.02 Å². The molecule has 6 heteroatoms. The number of hydrogen-bond donors (Lipinski definition) is 0. The minimum Gasteiger partial charge on any atom is -0.207 e. The maximum atomic E-state index is 12.4. The van der Waals surface area contributed by atoms with Gasteiger partial charge in [0.05, 0.1) is 4.90 Å². The normalized spacial score (nSPS) is 21.9. The van der Waals surface area contributed by atoms with Crippen molar-refractivity contribution in [2.45, 2.75) is 23.8 Å². The lowest BCUT2D eigenvalue weighted by molar-refractivity contribution is 0.413. The van der Waals surface area contributed by atoms with E-state index in [-0.39, 0.29) is 10.9 Å². The molecule has 2 rings (SSSR count). The molecule has 1 aliphatic rings. The topological polar surface area (TPSA) is 37.4 Å². The smallest absolute Gasteiger partial charge is 0.207 e. The summed E-state index contributed by atoms with van der Waals surface area (Å²) in [4.78, 5) is 0.276. The summed E-state index contributed by atoms with van der Waals surface area (Å²) in [6, 6.07) is 6.48. The Morgan fingerprint density at radius 2 is 2.24 bits per heavy atom. The monoisotopic (exact) mass is 337 g/mol. The van der Waals surface area contributed by atoms with Crippen LogP contribution in [0, 0.1) is 0 Å². The zero-order valence-corrected chi connectivity index (χ0v) is 12.3. The van der Waals surface area contributed by atoms with Crippen molar-refractivity contribution in [3.05, 3.63) is 29.3 Å². The second-order valence-electron chi connectivity index (χ2n) is 4.02. The lowest BCUT2D eigenvalue weighted by atomic mass is 10.3. The quantitative estimate of drug-likeness (QED) is 0.795. The Kier molecular flexibility index (Phi) is 4.13. The molecule has 0 bridgehead atoms. The molecule has 0 saturated carbocycles. The van der Waals surface area contributed by atoms with E-state index in [1.54, 1.807) is 22.5 Å². The number of rotatable bonds is 3. The van der Waals surface area contributed by atoms with Gasteiger partial charge in [-0.25, -0.2) is 8.42 Å². The molecule has 0 amide bonds. The summed E-state index contributed by atoms with van der Waals surface area (Å²) in [6.45, 7) is 0.588. The van der Waals surface area contributed by atoms with Gasteiger partial charge in [0.15, 0.2) is 0 Å². The first kappa shape index (κ1) is 13.3. The van der Waals surface area contributed by atoms with Crippen LogP contribution < -0.4 is 0 Å². The summed E-state index contributed by atoms with van der Waals surface area (Å²) >= 11 is 9.20. The van der Waals surface area contributed by atoms with E-state index in [1.165, 1.54) is 6.07 Å². The molecule has 1 fully saturated rings. The van der Waals surface area contributed by atoms with E-state index in [2.05, 4.69) is 15.9 Å². The molecule has 1 aliphatic heterocycles. The third-order valence-corrected chi connectivity index (χ3v) is 5.83. The van der Waals surface area contributed by atoms with Gasteiger partial charge in [-0.15, -0.1) is 0 Å². The SMILES string of the molecule is O=S(=O)(c1cccc(Cl)c1)N1CCCC1CBr. The van der Waals surface area contributed by atoms with E-state index >= 15 is 0 Å². The molecule has 1 aromatic rings. The van der Waals surface area contributed by atoms with E-state index in [1.807, 2.05) is 0 Å². The summed E-state index contributed by atoms with van der Waals surface area (Å²) in [5, 5.41) is 1.12. The fourth-order valence-electron chi connectivity index (χ4n) is 2.04. The van der Waals surface area contributed by atoms with Gasteiger partial charge in [0.1, 0.15) is 0 Å². The Balaban J connectivity index is 2.36. The molecule has 0 spiro atoms. The van der Waals surface area contributed by atoms with Crippen LogP contribution in [0.5, 0.6) is 0 Å². The maximum Gasteiger partial charge on any atom is 0.243 e. The van der Waals surface area contributed by atoms with Gasteiger partial charge in [-0.2, -0.15) is 4.31 Å². The molecule has 0 N–H and O–H groups in total. The first-order chi connectivity index (χ1) is 8.05. The number of benzene rings is 1. The summed E-state index contributed by atoms with van der Waals surface area (Å²) in [6.07, 6.45) is 1.82. The zero-order chi connectivity index (χ0) is 12.5. The van der Waals surface area contributed by atoms with Crippen molar-refractivity contribution in [2.75, 3.05) is 11.9 Å². The van der Waals surface area contributed by atoms with E-state index < -0.39 is 10.0 Å². The Morgan fingerprint density at radius 3 is 2.88 bits per heavy atom. The minimum absolute atomic E-state index is 0.0546. The molecule has 1 saturated heterocycles. The molecule has 0 aromatic heterocycles. The molecular formula is C11H13BrClNO2S. The van der Waals surface area contributed by atoms with Gasteiger partial charge >= 0.3 is 0 Å². The highest BCUT2D eigenvalue weighted by atomic mass is 79.9. The van der Waals surface area contributed by atoms with Crippen LogP contribution in [-0.4, -0.2) is 30.6 Å². The van der Waals surface area contributed by atoms with Gasteiger partial charge in [-0.3, -0.25) is 0 Å². The highest BCUT2D eigenvalue weighted by molar-refractivity contribution is 9.09. The molecule has 0 aliphatic carbocycles. The van der Waals surface area contributed by atoms with Gasteiger partial charge in [-0.1, -0.05) is 33.6 Å². The second-order valence-corrected chi connectivity index (χ2v) is 7.00. The van der Waals surface area contributed by atoms with Crippen LogP contribution >= 0.6 is 27.5 Å². The minimum atomic E-state index is -3.40. The standard InChI is InChI=1S/C11H13BrClNO2S/c12-8-10-4-2-6-14(10)17(15,16)11-5-1-3-9(13)7-11/h1,3,5,7,10H,2,4,6,8H2. The van der Waals surface area contributed by atoms with Crippen molar-refractivity contribution in [3.8, 4) is 0 Å². The molecule has 1 aromatic carbocycles. The van der Waals surface area contributed by atoms with E-state index in [4.69, 9.17) is 11.6 Å². The van der Waals surface area contributed by atoms with Gasteiger partial charge in [0, 0.05) is 22.9 Å². The summed E-state index contributed by atoms with van der Waals surface area (Å²) in [5.74, 6) is 0. The van der Waals surface area contributed by atoms with Crippen LogP contribution in [0.3, 0.4) is 0 Å². The van der Waals surface area contributed by atoms with Crippen molar-refractivity contribution in [1.82, 2.24) is 4.31 Å². The Hall–Kier alpha value is -0.100. The summed E-state index contributed by atoms with van der Waals surface area (Å²) in [5.41, 5.74) is 0. The fraction of sp³-hybridized carbons (Fsp3) is 0.455. The predicted molar refractivity (Wildman–Crippen MR) is 72.2 cm³/mol. The van der Waals surface area contributed by atoms with E-state index in [9.17, 15) is 8.42 Å². The fourth-order valence-corrected chi connectivity index (χ4v) is 4.90. The van der Waals surface area contributed by atoms with Crippen LogP contribution in [0.1, 0.15) is 12.8 Å². The van der Waals surface area contributed by atoms with E-state index in [0.29, 0.717) is 16.9 Å². The average molecular weight is 339 g/mol. The molecule has 1 atom stereocenters. The van der Waals surface area contributed by atoms with Crippen molar-refractivity contribution in [1.29, 1.82) is 0 Å². The number of hydrogen-bond acceptors (Lipinski definition) is 2. The second kappa shape index (κ2) is 5.26. The highest BCUT2D eigenvalue weighted by Crippen LogP contribution is 2.28. The lowest BCUT2D eigenvalue weighted by Crippen LogP contribution is -2.36. The highest BCUT2D eigenvalue weighted by Gasteiger charge is 2.34. The van der Waals surface area contributed by atoms with E-state index in [0.717, 1.165) is 12.8 Å². The third-order valence-electron chi connectivity index (χ3n) is 2.90. The molecule has 0 radical (unpaired) electrons. The van der Waals surface area contributed by atoms with Crippen LogP contribution in [0.15, 0.2) is 29.2 Å². The lowest BCUT2D eigenvalue weighted by Gasteiger charge is -2.22. The van der Waals surface area contributed by atoms with Crippen molar-refractivity contribution < 1.29 is 8.42 Å². The van der Waals surface area contributed by atoms with Gasteiger partial charge in [0.2, 0.25) is 10.0 Å². The predicted octanol–water partition coefficient (Wildman–Crippen LogP) is 2.89. The first-order valence-electron chi connectivity index (χ1n) is 5.39. The number of sulfonamides is 1. The van der Waals surface area contributed by atoms with Gasteiger partial charge in [-0.05, 0) is 31.0 Å². The largest absolute Gasteiger partial charge is 0.243 e. The summed E-state index contributed by atoms with van der Waals surface area (Å²) < 4.78 is 26.4. The molecule has 94 valence electrons. The van der Waals surface area contributed by atoms with Crippen molar-refractivity contribution in [3.63, 3.8) is 0 Å². The van der Waals surface area contributed by atoms with Crippen LogP contribution in [0.4, 0.5) is 0 Å². The van der Waals surface area contributed by atoms with Crippen LogP contribution in [0.25, 0.3) is 0 Å². The third kappa shape index (κ3) is 2.67. The Labute approximate surface area is 115 Å². The molecule has 1 heterocycles. The Morgan fingerprint density at radius 1 is 1.47 bits per heavy atom. The maximum absolute atomic E-state index is 12.4. The Bertz CT molecular complexity index is 506. The number of alkyl halides is 1. The molecule has 3 nitrogen and oxygen atoms in total. The molecule has 17 heavy (non-hydrogen) atoms. The van der Waals surface area contributed by atoms with Crippen molar-refractivity contribution in [2.24, 2.45) is 0 Å². The number of halogens is 2. The number of nitrogens with zero attached hydrogens (tertiary/aromatic N) is 1. The van der Waals surface area contributed by atoms with Gasteiger partial charge in [0.25, 0.3) is 0 Å². The zero-order valence-electron chi connectivity index (χ0n) is 9.14. The van der Waals surface area contributed by atoms with Gasteiger partial charge < -0.3 is 0 Å². The molecular weight excluding hydrogens is 326 g/mol. The molecule has 1 unspecified atom stereocenters. The summed E-state index contributed by atoms with van der Waals surface area (Å²) in [7, 11) is -3.40. The average Bonchev–Trinajstić information content (AvgIpc) is 2.77. The van der Waals surface area contributed by atoms with Crippen LogP contribution in [-0.2, 0) is 10.0 Å². The van der Waals surface area contributed by atoms with Crippen molar-refractivity contribution >= 4 is 37.6 Å². The first-order valence-corrected chi connectivity index (χ1v) is 8.33.